The van der Waals surface area contributed by atoms with Crippen LogP contribution in [0.15, 0.2) is 77.8 Å². The number of para-hydroxylation sites is 1. The van der Waals surface area contributed by atoms with Crippen molar-refractivity contribution < 1.29 is 9.59 Å². The maximum absolute atomic E-state index is 13.1. The molecule has 1 N–H and O–H groups in total. The van der Waals surface area contributed by atoms with Crippen molar-refractivity contribution in [1.29, 1.82) is 0 Å². The standard InChI is InChI=1S/C24H22ClN3O2/c1-16-15-18(28(2)3)13-14-20(16)26-22(23(29)17-9-5-4-6-10-17)24(30)27-21-12-8-7-11-19(21)25/h4-15H,1-3H3,(H,27,30)/b26-22-. The third kappa shape index (κ3) is 4.93. The Morgan fingerprint density at radius 1 is 0.933 bits per heavy atom. The van der Waals surface area contributed by atoms with Crippen molar-refractivity contribution in [3.8, 4) is 0 Å². The molecular weight excluding hydrogens is 398 g/mol. The van der Waals surface area contributed by atoms with E-state index in [1.807, 2.05) is 44.1 Å². The lowest BCUT2D eigenvalue weighted by Crippen LogP contribution is -2.30. The van der Waals surface area contributed by atoms with E-state index in [-0.39, 0.29) is 5.71 Å². The summed E-state index contributed by atoms with van der Waals surface area (Å²) in [5, 5.41) is 3.08. The number of hydrogen-bond donors (Lipinski definition) is 1. The number of ketones is 1. The van der Waals surface area contributed by atoms with Gasteiger partial charge >= 0.3 is 0 Å². The highest BCUT2D eigenvalue weighted by Crippen LogP contribution is 2.25. The maximum atomic E-state index is 13.1. The minimum Gasteiger partial charge on any atom is -0.378 e. The largest absolute Gasteiger partial charge is 0.378 e. The van der Waals surface area contributed by atoms with Gasteiger partial charge in [-0.3, -0.25) is 9.59 Å². The molecule has 152 valence electrons. The molecule has 0 bridgehead atoms. The molecule has 0 heterocycles. The highest BCUT2D eigenvalue weighted by atomic mass is 35.5. The van der Waals surface area contributed by atoms with Crippen LogP contribution in [0.4, 0.5) is 17.1 Å². The molecule has 0 unspecified atom stereocenters. The lowest BCUT2D eigenvalue weighted by molar-refractivity contribution is -0.110. The quantitative estimate of drug-likeness (QED) is 0.334. The van der Waals surface area contributed by atoms with Crippen molar-refractivity contribution in [2.75, 3.05) is 24.3 Å². The zero-order valence-electron chi connectivity index (χ0n) is 17.0. The summed E-state index contributed by atoms with van der Waals surface area (Å²) in [6.45, 7) is 1.89. The first kappa shape index (κ1) is 21.3. The van der Waals surface area contributed by atoms with Crippen LogP contribution in [0.2, 0.25) is 5.02 Å². The van der Waals surface area contributed by atoms with Crippen LogP contribution in [0, 0.1) is 6.92 Å². The zero-order valence-corrected chi connectivity index (χ0v) is 17.8. The maximum Gasteiger partial charge on any atom is 0.278 e. The van der Waals surface area contributed by atoms with E-state index in [0.717, 1.165) is 11.3 Å². The van der Waals surface area contributed by atoms with Crippen LogP contribution >= 0.6 is 11.6 Å². The van der Waals surface area contributed by atoms with Crippen molar-refractivity contribution in [1.82, 2.24) is 0 Å². The first-order chi connectivity index (χ1) is 14.4. The predicted octanol–water partition coefficient (Wildman–Crippen LogP) is 5.31. The second-order valence-electron chi connectivity index (χ2n) is 6.95. The fourth-order valence-electron chi connectivity index (χ4n) is 2.84. The monoisotopic (exact) mass is 419 g/mol. The molecule has 0 spiro atoms. The van der Waals surface area contributed by atoms with Gasteiger partial charge in [-0.05, 0) is 42.8 Å². The summed E-state index contributed by atoms with van der Waals surface area (Å²) in [6.07, 6.45) is 0. The summed E-state index contributed by atoms with van der Waals surface area (Å²) < 4.78 is 0. The van der Waals surface area contributed by atoms with Crippen molar-refractivity contribution in [2.45, 2.75) is 6.92 Å². The SMILES string of the molecule is Cc1cc(N(C)C)ccc1/N=C(\C(=O)Nc1ccccc1Cl)C(=O)c1ccccc1. The fraction of sp³-hybridized carbons (Fsp3) is 0.125. The highest BCUT2D eigenvalue weighted by Gasteiger charge is 2.23. The molecule has 3 aromatic rings. The number of Topliss-reactive ketones (excluding diaryl/α,β-unsaturated/α-hetero) is 1. The van der Waals surface area contributed by atoms with Crippen molar-refractivity contribution in [3.05, 3.63) is 88.9 Å². The van der Waals surface area contributed by atoms with E-state index < -0.39 is 11.7 Å². The van der Waals surface area contributed by atoms with Gasteiger partial charge in [0, 0.05) is 25.3 Å². The van der Waals surface area contributed by atoms with E-state index in [2.05, 4.69) is 10.3 Å². The minimum atomic E-state index is -0.618. The fourth-order valence-corrected chi connectivity index (χ4v) is 3.02. The number of carbonyl (C=O) groups is 2. The van der Waals surface area contributed by atoms with Crippen LogP contribution in [-0.2, 0) is 4.79 Å². The van der Waals surface area contributed by atoms with Gasteiger partial charge in [0.2, 0.25) is 5.78 Å². The normalized spacial score (nSPS) is 11.1. The number of nitrogens with zero attached hydrogens (tertiary/aromatic N) is 2. The molecule has 6 heteroatoms. The molecule has 0 fully saturated rings. The van der Waals surface area contributed by atoms with Gasteiger partial charge in [0.25, 0.3) is 5.91 Å². The van der Waals surface area contributed by atoms with Crippen LogP contribution in [0.5, 0.6) is 0 Å². The van der Waals surface area contributed by atoms with Gasteiger partial charge in [-0.2, -0.15) is 0 Å². The Bertz CT molecular complexity index is 1110. The molecule has 5 nitrogen and oxygen atoms in total. The van der Waals surface area contributed by atoms with Crippen LogP contribution in [-0.4, -0.2) is 31.5 Å². The topological polar surface area (TPSA) is 61.8 Å². The van der Waals surface area contributed by atoms with E-state index in [4.69, 9.17) is 11.6 Å². The third-order valence-electron chi connectivity index (χ3n) is 4.52. The average Bonchev–Trinajstić information content (AvgIpc) is 2.74. The van der Waals surface area contributed by atoms with Crippen molar-refractivity contribution in [2.24, 2.45) is 4.99 Å². The molecular formula is C24H22ClN3O2. The van der Waals surface area contributed by atoms with E-state index in [1.54, 1.807) is 54.6 Å². The number of aliphatic imine (C=N–C) groups is 1. The van der Waals surface area contributed by atoms with Gasteiger partial charge in [-0.1, -0.05) is 54.1 Å². The Morgan fingerprint density at radius 2 is 1.60 bits per heavy atom. The summed E-state index contributed by atoms with van der Waals surface area (Å²) in [5.74, 6) is -1.08. The first-order valence-corrected chi connectivity index (χ1v) is 9.77. The molecule has 3 rings (SSSR count). The summed E-state index contributed by atoms with van der Waals surface area (Å²) in [7, 11) is 3.89. The van der Waals surface area contributed by atoms with Crippen LogP contribution in [0.1, 0.15) is 15.9 Å². The van der Waals surface area contributed by atoms with E-state index >= 15 is 0 Å². The molecule has 0 aliphatic heterocycles. The number of amides is 1. The number of halogens is 1. The number of benzene rings is 3. The lowest BCUT2D eigenvalue weighted by Gasteiger charge is -2.14. The number of anilines is 2. The van der Waals surface area contributed by atoms with Gasteiger partial charge in [0.1, 0.15) is 0 Å². The van der Waals surface area contributed by atoms with Crippen LogP contribution in [0.25, 0.3) is 0 Å². The van der Waals surface area contributed by atoms with Crippen molar-refractivity contribution in [3.63, 3.8) is 0 Å². The van der Waals surface area contributed by atoms with E-state index in [1.165, 1.54) is 0 Å². The van der Waals surface area contributed by atoms with Gasteiger partial charge in [-0.15, -0.1) is 0 Å². The molecule has 0 aliphatic rings. The molecule has 0 atom stereocenters. The number of carbonyl (C=O) groups excluding carboxylic acids is 2. The second-order valence-corrected chi connectivity index (χ2v) is 7.36. The number of aryl methyl sites for hydroxylation is 1. The van der Waals surface area contributed by atoms with Crippen molar-refractivity contribution >= 4 is 46.1 Å². The Morgan fingerprint density at radius 3 is 2.23 bits per heavy atom. The molecule has 0 aromatic heterocycles. The number of nitrogens with one attached hydrogen (secondary N) is 1. The Labute approximate surface area is 181 Å². The molecule has 30 heavy (non-hydrogen) atoms. The predicted molar refractivity (Wildman–Crippen MR) is 123 cm³/mol. The number of rotatable bonds is 6. The van der Waals surface area contributed by atoms with E-state index in [9.17, 15) is 9.59 Å². The highest BCUT2D eigenvalue weighted by molar-refractivity contribution is 6.70. The van der Waals surface area contributed by atoms with Crippen LogP contribution in [0.3, 0.4) is 0 Å². The zero-order chi connectivity index (χ0) is 21.7. The molecule has 0 saturated carbocycles. The minimum absolute atomic E-state index is 0.207. The van der Waals surface area contributed by atoms with Crippen LogP contribution < -0.4 is 10.2 Å². The Kier molecular flexibility index (Phi) is 6.65. The smallest absolute Gasteiger partial charge is 0.278 e. The summed E-state index contributed by atoms with van der Waals surface area (Å²) in [5.41, 5.74) is 2.99. The third-order valence-corrected chi connectivity index (χ3v) is 4.85. The molecule has 0 radical (unpaired) electrons. The Hall–Kier alpha value is -3.44. The lowest BCUT2D eigenvalue weighted by atomic mass is 10.1. The molecule has 1 amide bonds. The molecule has 0 aliphatic carbocycles. The average molecular weight is 420 g/mol. The van der Waals surface area contributed by atoms with Gasteiger partial charge < -0.3 is 10.2 Å². The van der Waals surface area contributed by atoms with Gasteiger partial charge in [0.15, 0.2) is 5.71 Å². The first-order valence-electron chi connectivity index (χ1n) is 9.39. The van der Waals surface area contributed by atoms with Gasteiger partial charge in [0.05, 0.1) is 16.4 Å². The second kappa shape index (κ2) is 9.37. The van der Waals surface area contributed by atoms with E-state index in [0.29, 0.717) is 22.0 Å². The van der Waals surface area contributed by atoms with Gasteiger partial charge in [-0.25, -0.2) is 4.99 Å². The summed E-state index contributed by atoms with van der Waals surface area (Å²) in [6, 6.07) is 21.1. The molecule has 0 saturated heterocycles. The Balaban J connectivity index is 2.03. The number of hydrogen-bond acceptors (Lipinski definition) is 4. The molecule has 3 aromatic carbocycles. The summed E-state index contributed by atoms with van der Waals surface area (Å²) in [4.78, 5) is 32.6. The summed E-state index contributed by atoms with van der Waals surface area (Å²) >= 11 is 6.16.